The maximum atomic E-state index is 13.1. The van der Waals surface area contributed by atoms with Crippen LogP contribution < -0.4 is 0 Å². The van der Waals surface area contributed by atoms with Crippen LogP contribution in [-0.2, 0) is 10.9 Å². The lowest BCUT2D eigenvalue weighted by atomic mass is 10.00. The Hall–Kier alpha value is -4.20. The molecular formula is C20H12F3N5O3. The van der Waals surface area contributed by atoms with Gasteiger partial charge < -0.3 is 4.74 Å². The number of aromatic nitrogens is 2. The van der Waals surface area contributed by atoms with Crippen molar-refractivity contribution in [3.8, 4) is 6.07 Å². The van der Waals surface area contributed by atoms with Crippen LogP contribution >= 0.6 is 0 Å². The zero-order chi connectivity index (χ0) is 22.6. The van der Waals surface area contributed by atoms with Crippen LogP contribution in [0.15, 0.2) is 58.8 Å². The summed E-state index contributed by atoms with van der Waals surface area (Å²) < 4.78 is 44.0. The Bertz CT molecular complexity index is 1230. The van der Waals surface area contributed by atoms with Crippen LogP contribution in [0.25, 0.3) is 10.9 Å². The molecule has 0 radical (unpaired) electrons. The molecule has 0 saturated carbocycles. The number of nitriles is 1. The number of para-hydroxylation sites is 1. The van der Waals surface area contributed by atoms with E-state index in [4.69, 9.17) is 0 Å². The molecule has 31 heavy (non-hydrogen) atoms. The SMILES string of the molecule is COC(=O)c1ccccc1C(=O)C(C#N)/N=N/c1nc(C(F)(F)F)nc2ccccc12. The van der Waals surface area contributed by atoms with E-state index in [-0.39, 0.29) is 22.0 Å². The van der Waals surface area contributed by atoms with Gasteiger partial charge in [-0.1, -0.05) is 30.3 Å². The molecule has 1 atom stereocenters. The lowest BCUT2D eigenvalue weighted by molar-refractivity contribution is -0.144. The van der Waals surface area contributed by atoms with E-state index >= 15 is 0 Å². The molecule has 11 heteroatoms. The van der Waals surface area contributed by atoms with E-state index in [9.17, 15) is 28.0 Å². The molecule has 0 fully saturated rings. The molecule has 156 valence electrons. The maximum absolute atomic E-state index is 13.1. The summed E-state index contributed by atoms with van der Waals surface area (Å²) in [5, 5.41) is 16.7. The van der Waals surface area contributed by atoms with Gasteiger partial charge in [0.1, 0.15) is 0 Å². The highest BCUT2D eigenvalue weighted by Gasteiger charge is 2.35. The van der Waals surface area contributed by atoms with E-state index in [0.29, 0.717) is 0 Å². The first-order valence-corrected chi connectivity index (χ1v) is 8.62. The molecule has 0 bridgehead atoms. The van der Waals surface area contributed by atoms with E-state index < -0.39 is 35.6 Å². The number of rotatable bonds is 5. The third-order valence-corrected chi connectivity index (χ3v) is 4.07. The van der Waals surface area contributed by atoms with Crippen LogP contribution in [0.2, 0.25) is 0 Å². The summed E-state index contributed by atoms with van der Waals surface area (Å²) in [6.45, 7) is 0. The number of esters is 1. The van der Waals surface area contributed by atoms with Crippen molar-refractivity contribution >= 4 is 28.5 Å². The Balaban J connectivity index is 2.03. The van der Waals surface area contributed by atoms with Crippen LogP contribution in [0, 0.1) is 11.3 Å². The van der Waals surface area contributed by atoms with Crippen molar-refractivity contribution in [2.75, 3.05) is 7.11 Å². The lowest BCUT2D eigenvalue weighted by Crippen LogP contribution is -2.20. The average Bonchev–Trinajstić information content (AvgIpc) is 2.77. The first-order valence-electron chi connectivity index (χ1n) is 8.62. The minimum absolute atomic E-state index is 0.0327. The Morgan fingerprint density at radius 1 is 1.06 bits per heavy atom. The summed E-state index contributed by atoms with van der Waals surface area (Å²) in [5.74, 6) is -3.56. The van der Waals surface area contributed by atoms with Gasteiger partial charge >= 0.3 is 12.1 Å². The quantitative estimate of drug-likeness (QED) is 0.340. The number of Topliss-reactive ketones (excluding diaryl/α,β-unsaturated/α-hetero) is 1. The van der Waals surface area contributed by atoms with Gasteiger partial charge in [-0.05, 0) is 18.2 Å². The van der Waals surface area contributed by atoms with Crippen molar-refractivity contribution in [2.45, 2.75) is 12.2 Å². The third kappa shape index (κ3) is 4.53. The van der Waals surface area contributed by atoms with Gasteiger partial charge in [-0.2, -0.15) is 23.5 Å². The first-order chi connectivity index (χ1) is 14.8. The van der Waals surface area contributed by atoms with Gasteiger partial charge in [0.25, 0.3) is 0 Å². The number of hydrogen-bond donors (Lipinski definition) is 0. The van der Waals surface area contributed by atoms with Crippen molar-refractivity contribution in [2.24, 2.45) is 10.2 Å². The number of azo groups is 1. The lowest BCUT2D eigenvalue weighted by Gasteiger charge is -2.09. The monoisotopic (exact) mass is 427 g/mol. The molecule has 3 rings (SSSR count). The Morgan fingerprint density at radius 3 is 2.35 bits per heavy atom. The Kier molecular flexibility index (Phi) is 6.01. The van der Waals surface area contributed by atoms with E-state index in [1.807, 2.05) is 0 Å². The third-order valence-electron chi connectivity index (χ3n) is 4.07. The molecule has 0 aliphatic heterocycles. The zero-order valence-corrected chi connectivity index (χ0v) is 15.8. The highest BCUT2D eigenvalue weighted by Crippen LogP contribution is 2.31. The van der Waals surface area contributed by atoms with Gasteiger partial charge in [0.2, 0.25) is 17.6 Å². The molecule has 0 spiro atoms. The predicted octanol–water partition coefficient (Wildman–Crippen LogP) is 4.29. The minimum Gasteiger partial charge on any atom is -0.465 e. The van der Waals surface area contributed by atoms with Crippen LogP contribution in [0.3, 0.4) is 0 Å². The maximum Gasteiger partial charge on any atom is 0.451 e. The van der Waals surface area contributed by atoms with Crippen LogP contribution in [0.5, 0.6) is 0 Å². The summed E-state index contributed by atoms with van der Waals surface area (Å²) in [6.07, 6.45) is -4.84. The van der Waals surface area contributed by atoms with Crippen LogP contribution in [-0.4, -0.2) is 34.9 Å². The standard InChI is InChI=1S/C20H12F3N5O3/c1-31-18(30)12-7-3-2-6-11(12)16(29)15(10-24)27-28-17-13-8-4-5-9-14(13)25-19(26-17)20(21,22)23/h2-9,15H,1H3/b28-27+. The molecule has 0 aliphatic carbocycles. The summed E-state index contributed by atoms with van der Waals surface area (Å²) in [4.78, 5) is 31.4. The summed E-state index contributed by atoms with van der Waals surface area (Å²) in [5.41, 5.74) is -0.254. The fourth-order valence-electron chi connectivity index (χ4n) is 2.65. The largest absolute Gasteiger partial charge is 0.465 e. The number of carbonyl (C=O) groups is 2. The molecular weight excluding hydrogens is 415 g/mol. The molecule has 1 aromatic heterocycles. The highest BCUT2D eigenvalue weighted by atomic mass is 19.4. The normalized spacial score (nSPS) is 12.5. The van der Waals surface area contributed by atoms with Crippen LogP contribution in [0.4, 0.5) is 19.0 Å². The summed E-state index contributed by atoms with van der Waals surface area (Å²) in [7, 11) is 1.13. The van der Waals surface area contributed by atoms with Crippen molar-refractivity contribution in [1.82, 2.24) is 9.97 Å². The Morgan fingerprint density at radius 2 is 1.71 bits per heavy atom. The molecule has 1 heterocycles. The number of halogens is 3. The second-order valence-electron chi connectivity index (χ2n) is 6.03. The predicted molar refractivity (Wildman–Crippen MR) is 101 cm³/mol. The molecule has 8 nitrogen and oxygen atoms in total. The summed E-state index contributed by atoms with van der Waals surface area (Å²) in [6, 6.07) is 11.3. The van der Waals surface area contributed by atoms with E-state index in [1.54, 1.807) is 6.07 Å². The molecule has 0 aliphatic rings. The van der Waals surface area contributed by atoms with Gasteiger partial charge in [0.05, 0.1) is 24.3 Å². The summed E-state index contributed by atoms with van der Waals surface area (Å²) >= 11 is 0. The smallest absolute Gasteiger partial charge is 0.451 e. The van der Waals surface area contributed by atoms with Gasteiger partial charge in [0.15, 0.2) is 5.82 Å². The van der Waals surface area contributed by atoms with Gasteiger partial charge in [0, 0.05) is 10.9 Å². The van der Waals surface area contributed by atoms with Crippen molar-refractivity contribution in [1.29, 1.82) is 5.26 Å². The number of methoxy groups -OCH3 is 1. The number of ketones is 1. The zero-order valence-electron chi connectivity index (χ0n) is 15.8. The highest BCUT2D eigenvalue weighted by molar-refractivity contribution is 6.09. The second-order valence-corrected chi connectivity index (χ2v) is 6.03. The number of alkyl halides is 3. The molecule has 0 amide bonds. The molecule has 3 aromatic rings. The number of ether oxygens (including phenoxy) is 1. The van der Waals surface area contributed by atoms with Gasteiger partial charge in [-0.15, -0.1) is 5.11 Å². The number of benzene rings is 2. The topological polar surface area (TPSA) is 118 Å². The van der Waals surface area contributed by atoms with E-state index in [2.05, 4.69) is 24.9 Å². The average molecular weight is 427 g/mol. The molecule has 0 saturated heterocycles. The van der Waals surface area contributed by atoms with Crippen molar-refractivity contribution in [3.05, 3.63) is 65.5 Å². The van der Waals surface area contributed by atoms with Crippen molar-refractivity contribution in [3.63, 3.8) is 0 Å². The van der Waals surface area contributed by atoms with Crippen LogP contribution in [0.1, 0.15) is 26.5 Å². The van der Waals surface area contributed by atoms with Gasteiger partial charge in [-0.3, -0.25) is 4.79 Å². The number of fused-ring (bicyclic) bond motifs is 1. The minimum atomic E-state index is -4.84. The number of carbonyl (C=O) groups excluding carboxylic acids is 2. The Labute approximate surface area is 173 Å². The first kappa shape index (κ1) is 21.5. The molecule has 2 aromatic carbocycles. The number of hydrogen-bond acceptors (Lipinski definition) is 8. The number of nitrogens with zero attached hydrogens (tertiary/aromatic N) is 5. The van der Waals surface area contributed by atoms with E-state index in [1.165, 1.54) is 48.5 Å². The fraction of sp³-hybridized carbons (Fsp3) is 0.150. The van der Waals surface area contributed by atoms with E-state index in [0.717, 1.165) is 7.11 Å². The fourth-order valence-corrected chi connectivity index (χ4v) is 2.65. The molecule has 0 N–H and O–H groups in total. The molecule has 1 unspecified atom stereocenters. The van der Waals surface area contributed by atoms with Gasteiger partial charge in [-0.25, -0.2) is 14.8 Å². The van der Waals surface area contributed by atoms with Crippen molar-refractivity contribution < 1.29 is 27.5 Å². The second kappa shape index (κ2) is 8.66.